The molecule has 5 nitrogen and oxygen atoms in total. The summed E-state index contributed by atoms with van der Waals surface area (Å²) in [6.07, 6.45) is 7.71. The molecule has 0 radical (unpaired) electrons. The molecule has 0 spiro atoms. The third-order valence-electron chi connectivity index (χ3n) is 4.63. The summed E-state index contributed by atoms with van der Waals surface area (Å²) in [6.45, 7) is 5.65. The molecular formula is C21H25ClN4O. The molecule has 0 bridgehead atoms. The van der Waals surface area contributed by atoms with E-state index in [1.807, 2.05) is 30.3 Å². The molecule has 1 aliphatic rings. The van der Waals surface area contributed by atoms with Crippen LogP contribution in [0.15, 0.2) is 54.9 Å². The number of halogens is 1. The second kappa shape index (κ2) is 10.1. The highest BCUT2D eigenvalue weighted by atomic mass is 35.5. The minimum atomic E-state index is -0.0672. The Kier molecular flexibility index (Phi) is 7.25. The Bertz CT molecular complexity index is 758. The summed E-state index contributed by atoms with van der Waals surface area (Å²) in [5.41, 5.74) is 2.04. The SMILES string of the molecule is O=C(/C=C/c1cccnc1)NCCCN1CCN(c2ccccc2Cl)CC1. The van der Waals surface area contributed by atoms with Crippen LogP contribution in [0.25, 0.3) is 6.08 Å². The molecule has 1 saturated heterocycles. The number of carbonyl (C=O) groups excluding carboxylic acids is 1. The number of amides is 1. The van der Waals surface area contributed by atoms with E-state index in [-0.39, 0.29) is 5.91 Å². The Morgan fingerprint density at radius 3 is 2.70 bits per heavy atom. The molecule has 2 heterocycles. The average Bonchev–Trinajstić information content (AvgIpc) is 2.71. The van der Waals surface area contributed by atoms with E-state index in [4.69, 9.17) is 11.6 Å². The summed E-state index contributed by atoms with van der Waals surface area (Å²) in [5, 5.41) is 3.75. The number of carbonyl (C=O) groups is 1. The first-order valence-corrected chi connectivity index (χ1v) is 9.68. The van der Waals surface area contributed by atoms with E-state index in [1.54, 1.807) is 24.5 Å². The number of hydrogen-bond acceptors (Lipinski definition) is 4. The molecule has 0 unspecified atom stereocenters. The van der Waals surface area contributed by atoms with Gasteiger partial charge in [0, 0.05) is 51.2 Å². The zero-order chi connectivity index (χ0) is 18.9. The zero-order valence-corrected chi connectivity index (χ0v) is 16.1. The zero-order valence-electron chi connectivity index (χ0n) is 15.4. The number of hydrogen-bond donors (Lipinski definition) is 1. The number of anilines is 1. The standard InChI is InChI=1S/C21H25ClN4O/c22-19-6-1-2-7-20(19)26-15-13-25(14-16-26)12-4-11-24-21(27)9-8-18-5-3-10-23-17-18/h1-3,5-10,17H,4,11-16H2,(H,24,27)/b9-8+. The van der Waals surface area contributed by atoms with Gasteiger partial charge in [-0.2, -0.15) is 0 Å². The van der Waals surface area contributed by atoms with Gasteiger partial charge >= 0.3 is 0 Å². The Hall–Kier alpha value is -2.37. The van der Waals surface area contributed by atoms with Crippen molar-refractivity contribution in [2.45, 2.75) is 6.42 Å². The summed E-state index contributed by atoms with van der Waals surface area (Å²) in [6, 6.07) is 11.8. The van der Waals surface area contributed by atoms with Crippen molar-refractivity contribution in [3.8, 4) is 0 Å². The van der Waals surface area contributed by atoms with Crippen LogP contribution in [-0.2, 0) is 4.79 Å². The molecule has 2 aromatic rings. The molecule has 1 aliphatic heterocycles. The van der Waals surface area contributed by atoms with E-state index in [0.29, 0.717) is 6.54 Å². The van der Waals surface area contributed by atoms with Crippen LogP contribution in [0.3, 0.4) is 0 Å². The van der Waals surface area contributed by atoms with Gasteiger partial charge in [0.05, 0.1) is 10.7 Å². The molecule has 142 valence electrons. The summed E-state index contributed by atoms with van der Waals surface area (Å²) in [4.78, 5) is 20.6. The lowest BCUT2D eigenvalue weighted by molar-refractivity contribution is -0.116. The van der Waals surface area contributed by atoms with E-state index in [9.17, 15) is 4.79 Å². The predicted molar refractivity (Wildman–Crippen MR) is 111 cm³/mol. The van der Waals surface area contributed by atoms with Crippen molar-refractivity contribution in [2.75, 3.05) is 44.2 Å². The first-order valence-electron chi connectivity index (χ1n) is 9.30. The Balaban J connectivity index is 1.32. The number of nitrogens with one attached hydrogen (secondary N) is 1. The van der Waals surface area contributed by atoms with Gasteiger partial charge in [-0.25, -0.2) is 0 Å². The van der Waals surface area contributed by atoms with Crippen LogP contribution in [0.4, 0.5) is 5.69 Å². The van der Waals surface area contributed by atoms with Crippen LogP contribution < -0.4 is 10.2 Å². The van der Waals surface area contributed by atoms with E-state index in [1.165, 1.54) is 0 Å². The van der Waals surface area contributed by atoms with Crippen molar-refractivity contribution < 1.29 is 4.79 Å². The van der Waals surface area contributed by atoms with Crippen molar-refractivity contribution in [1.82, 2.24) is 15.2 Å². The monoisotopic (exact) mass is 384 g/mol. The van der Waals surface area contributed by atoms with Crippen LogP contribution in [0.2, 0.25) is 5.02 Å². The predicted octanol–water partition coefficient (Wildman–Crippen LogP) is 3.08. The maximum Gasteiger partial charge on any atom is 0.244 e. The molecule has 1 N–H and O–H groups in total. The number of nitrogens with zero attached hydrogens (tertiary/aromatic N) is 3. The number of pyridine rings is 1. The Labute approximate surface area is 165 Å². The van der Waals surface area contributed by atoms with Gasteiger partial charge in [-0.3, -0.25) is 14.7 Å². The van der Waals surface area contributed by atoms with E-state index in [2.05, 4.69) is 26.2 Å². The normalized spacial score (nSPS) is 15.2. The third-order valence-corrected chi connectivity index (χ3v) is 4.95. The minimum Gasteiger partial charge on any atom is -0.368 e. The van der Waals surface area contributed by atoms with Crippen molar-refractivity contribution >= 4 is 29.3 Å². The number of rotatable bonds is 7. The molecular weight excluding hydrogens is 360 g/mol. The molecule has 3 rings (SSSR count). The molecule has 0 saturated carbocycles. The molecule has 1 aromatic carbocycles. The second-order valence-corrected chi connectivity index (χ2v) is 6.95. The fourth-order valence-corrected chi connectivity index (χ4v) is 3.40. The van der Waals surface area contributed by atoms with Gasteiger partial charge in [-0.1, -0.05) is 29.8 Å². The van der Waals surface area contributed by atoms with Gasteiger partial charge < -0.3 is 10.2 Å². The Morgan fingerprint density at radius 2 is 1.96 bits per heavy atom. The highest BCUT2D eigenvalue weighted by molar-refractivity contribution is 6.33. The highest BCUT2D eigenvalue weighted by Gasteiger charge is 2.18. The van der Waals surface area contributed by atoms with Crippen molar-refractivity contribution in [3.63, 3.8) is 0 Å². The van der Waals surface area contributed by atoms with Crippen molar-refractivity contribution in [3.05, 3.63) is 65.5 Å². The van der Waals surface area contributed by atoms with Gasteiger partial charge in [-0.15, -0.1) is 0 Å². The average molecular weight is 385 g/mol. The molecule has 0 aliphatic carbocycles. The summed E-state index contributed by atoms with van der Waals surface area (Å²) in [7, 11) is 0. The summed E-state index contributed by atoms with van der Waals surface area (Å²) >= 11 is 6.29. The minimum absolute atomic E-state index is 0.0672. The molecule has 6 heteroatoms. The fraction of sp³-hybridized carbons (Fsp3) is 0.333. The molecule has 27 heavy (non-hydrogen) atoms. The maximum atomic E-state index is 11.8. The Morgan fingerprint density at radius 1 is 1.15 bits per heavy atom. The van der Waals surface area contributed by atoms with Crippen molar-refractivity contribution in [2.24, 2.45) is 0 Å². The van der Waals surface area contributed by atoms with E-state index in [0.717, 1.165) is 55.4 Å². The molecule has 1 fully saturated rings. The van der Waals surface area contributed by atoms with Crippen LogP contribution in [0.5, 0.6) is 0 Å². The number of piperazine rings is 1. The van der Waals surface area contributed by atoms with Gasteiger partial charge in [0.2, 0.25) is 5.91 Å². The van der Waals surface area contributed by atoms with Crippen LogP contribution in [-0.4, -0.2) is 55.1 Å². The van der Waals surface area contributed by atoms with Crippen molar-refractivity contribution in [1.29, 1.82) is 0 Å². The van der Waals surface area contributed by atoms with E-state index < -0.39 is 0 Å². The first-order chi connectivity index (χ1) is 13.2. The number of benzene rings is 1. The second-order valence-electron chi connectivity index (χ2n) is 6.54. The van der Waals surface area contributed by atoms with Crippen LogP contribution in [0.1, 0.15) is 12.0 Å². The fourth-order valence-electron chi connectivity index (χ4n) is 3.14. The largest absolute Gasteiger partial charge is 0.368 e. The van der Waals surface area contributed by atoms with Crippen LogP contribution in [0, 0.1) is 0 Å². The number of aromatic nitrogens is 1. The van der Waals surface area contributed by atoms with Crippen LogP contribution >= 0.6 is 11.6 Å². The first kappa shape index (κ1) is 19.4. The quantitative estimate of drug-likeness (QED) is 0.588. The van der Waals surface area contributed by atoms with E-state index >= 15 is 0 Å². The van der Waals surface area contributed by atoms with Gasteiger partial charge in [0.1, 0.15) is 0 Å². The lowest BCUT2D eigenvalue weighted by atomic mass is 10.2. The maximum absolute atomic E-state index is 11.8. The number of para-hydroxylation sites is 1. The van der Waals surface area contributed by atoms with Gasteiger partial charge in [0.15, 0.2) is 0 Å². The molecule has 1 aromatic heterocycles. The molecule has 1 amide bonds. The highest BCUT2D eigenvalue weighted by Crippen LogP contribution is 2.25. The topological polar surface area (TPSA) is 48.5 Å². The lowest BCUT2D eigenvalue weighted by Gasteiger charge is -2.36. The lowest BCUT2D eigenvalue weighted by Crippen LogP contribution is -2.47. The third kappa shape index (κ3) is 6.08. The summed E-state index contributed by atoms with van der Waals surface area (Å²) < 4.78 is 0. The van der Waals surface area contributed by atoms with Gasteiger partial charge in [-0.05, 0) is 42.8 Å². The van der Waals surface area contributed by atoms with Gasteiger partial charge in [0.25, 0.3) is 0 Å². The smallest absolute Gasteiger partial charge is 0.244 e. The molecule has 0 atom stereocenters. The summed E-state index contributed by atoms with van der Waals surface area (Å²) in [5.74, 6) is -0.0672.